The third-order valence-electron chi connectivity index (χ3n) is 7.34. The summed E-state index contributed by atoms with van der Waals surface area (Å²) in [6.45, 7) is 1.32. The third-order valence-corrected chi connectivity index (χ3v) is 8.25. The van der Waals surface area contributed by atoms with E-state index in [1.807, 2.05) is 4.72 Å². The Morgan fingerprint density at radius 2 is 1.64 bits per heavy atom. The molecule has 16 heteroatoms. The Kier molecular flexibility index (Phi) is 7.09. The summed E-state index contributed by atoms with van der Waals surface area (Å²) in [7, 11) is -4.19. The van der Waals surface area contributed by atoms with Crippen LogP contribution in [0, 0.1) is 5.82 Å². The second-order valence-corrected chi connectivity index (χ2v) is 12.5. The SMILES string of the molecule is CCc1cc2c(-n3c(=O)[nH]c4ccccc4c3=O)c(C(=O)NS(C)(=O)=O)n(Cc3cc4c(=O)[nH]c(=O)[nH]c4cc3Cl)c2cc1F. The van der Waals surface area contributed by atoms with Crippen LogP contribution < -0.4 is 27.2 Å². The van der Waals surface area contributed by atoms with Gasteiger partial charge in [-0.1, -0.05) is 30.7 Å². The number of hydrogen-bond donors (Lipinski definition) is 4. The highest BCUT2D eigenvalue weighted by Gasteiger charge is 2.30. The van der Waals surface area contributed by atoms with Crippen molar-refractivity contribution in [2.45, 2.75) is 19.9 Å². The van der Waals surface area contributed by atoms with Crippen LogP contribution in [0.5, 0.6) is 0 Å². The number of amides is 1. The molecule has 1 amide bonds. The number of benzene rings is 3. The average molecular weight is 653 g/mol. The highest BCUT2D eigenvalue weighted by Crippen LogP contribution is 2.33. The van der Waals surface area contributed by atoms with Gasteiger partial charge in [-0.3, -0.25) is 19.4 Å². The first kappa shape index (κ1) is 29.8. The predicted octanol–water partition coefficient (Wildman–Crippen LogP) is 2.26. The smallest absolute Gasteiger partial charge is 0.330 e. The number of sulfonamides is 1. The summed E-state index contributed by atoms with van der Waals surface area (Å²) >= 11 is 6.54. The molecule has 0 bridgehead atoms. The lowest BCUT2D eigenvalue weighted by Crippen LogP contribution is -2.37. The molecule has 45 heavy (non-hydrogen) atoms. The normalized spacial score (nSPS) is 11.9. The van der Waals surface area contributed by atoms with E-state index in [0.29, 0.717) is 4.57 Å². The molecular formula is C29H22ClFN6O7S. The standard InChI is InChI=1S/C29H22ClFN6O7S/c1-3-13-8-17-22(11-19(13)31)36(12-14-9-16-21(10-18(14)30)32-28(41)34-25(16)38)24(26(39)35-45(2,43)44)23(17)37-27(40)15-6-4-5-7-20(15)33-29(37)42/h4-11H,3,12H2,1-2H3,(H,33,42)(H,35,39)(H2,32,34,38,41). The van der Waals surface area contributed by atoms with E-state index in [1.165, 1.54) is 34.9 Å². The zero-order chi connectivity index (χ0) is 32.4. The summed E-state index contributed by atoms with van der Waals surface area (Å²) in [5.74, 6) is -1.88. The third kappa shape index (κ3) is 5.15. The quantitative estimate of drug-likeness (QED) is 0.212. The lowest BCUT2D eigenvalue weighted by atomic mass is 10.1. The topological polar surface area (TPSA) is 189 Å². The molecule has 3 aromatic heterocycles. The number of para-hydroxylation sites is 1. The van der Waals surface area contributed by atoms with Crippen molar-refractivity contribution >= 4 is 60.2 Å². The molecule has 13 nitrogen and oxygen atoms in total. The minimum absolute atomic E-state index is 0.0179. The molecule has 0 aliphatic rings. The molecule has 6 aromatic rings. The molecule has 0 atom stereocenters. The number of aromatic nitrogens is 5. The molecule has 6 rings (SSSR count). The van der Waals surface area contributed by atoms with Crippen LogP contribution in [0.25, 0.3) is 38.4 Å². The highest BCUT2D eigenvalue weighted by atomic mass is 35.5. The second kappa shape index (κ2) is 10.7. The summed E-state index contributed by atoms with van der Waals surface area (Å²) in [5, 5.41) is 0.257. The molecule has 0 spiro atoms. The molecule has 0 saturated heterocycles. The summed E-state index contributed by atoms with van der Waals surface area (Å²) in [6.07, 6.45) is 0.951. The highest BCUT2D eigenvalue weighted by molar-refractivity contribution is 7.89. The Balaban J connectivity index is 1.76. The second-order valence-electron chi connectivity index (χ2n) is 10.3. The molecule has 0 aliphatic heterocycles. The van der Waals surface area contributed by atoms with Crippen molar-refractivity contribution in [3.05, 3.63) is 118 Å². The van der Waals surface area contributed by atoms with E-state index >= 15 is 4.39 Å². The summed E-state index contributed by atoms with van der Waals surface area (Å²) < 4.78 is 43.6. The molecule has 4 N–H and O–H groups in total. The fourth-order valence-corrected chi connectivity index (χ4v) is 6.05. The number of fused-ring (bicyclic) bond motifs is 3. The Morgan fingerprint density at radius 3 is 2.36 bits per heavy atom. The van der Waals surface area contributed by atoms with Gasteiger partial charge < -0.3 is 14.5 Å². The van der Waals surface area contributed by atoms with Gasteiger partial charge in [-0.25, -0.2) is 31.7 Å². The van der Waals surface area contributed by atoms with Gasteiger partial charge in [0.2, 0.25) is 10.0 Å². The Hall–Kier alpha value is -5.28. The molecule has 0 aliphatic carbocycles. The molecule has 3 aromatic carbocycles. The average Bonchev–Trinajstić information content (AvgIpc) is 3.24. The van der Waals surface area contributed by atoms with Crippen molar-refractivity contribution in [2.75, 3.05) is 6.26 Å². The Morgan fingerprint density at radius 1 is 0.933 bits per heavy atom. The molecular weight excluding hydrogens is 631 g/mol. The van der Waals surface area contributed by atoms with Crippen LogP contribution in [0.3, 0.4) is 0 Å². The number of carbonyl (C=O) groups excluding carboxylic acids is 1. The summed E-state index contributed by atoms with van der Waals surface area (Å²) in [6, 6.07) is 11.3. The Labute approximate surface area is 256 Å². The first-order valence-electron chi connectivity index (χ1n) is 13.3. The van der Waals surface area contributed by atoms with Crippen molar-refractivity contribution in [1.29, 1.82) is 0 Å². The van der Waals surface area contributed by atoms with Crippen LogP contribution in [0.4, 0.5) is 4.39 Å². The summed E-state index contributed by atoms with van der Waals surface area (Å²) in [4.78, 5) is 72.6. The van der Waals surface area contributed by atoms with E-state index < -0.39 is 49.9 Å². The fourth-order valence-electron chi connectivity index (χ4n) is 5.40. The van der Waals surface area contributed by atoms with Crippen LogP contribution in [-0.4, -0.2) is 44.7 Å². The number of aromatic amines is 3. The van der Waals surface area contributed by atoms with Crippen LogP contribution in [0.1, 0.15) is 28.5 Å². The monoisotopic (exact) mass is 652 g/mol. The number of carbonyl (C=O) groups is 1. The number of rotatable bonds is 6. The van der Waals surface area contributed by atoms with Gasteiger partial charge in [-0.2, -0.15) is 0 Å². The van der Waals surface area contributed by atoms with Crippen molar-refractivity contribution in [2.24, 2.45) is 0 Å². The van der Waals surface area contributed by atoms with Crippen LogP contribution in [-0.2, 0) is 23.0 Å². The number of hydrogen-bond acceptors (Lipinski definition) is 7. The van der Waals surface area contributed by atoms with Gasteiger partial charge in [0.25, 0.3) is 17.0 Å². The maximum Gasteiger partial charge on any atom is 0.333 e. The van der Waals surface area contributed by atoms with E-state index in [0.717, 1.165) is 12.3 Å². The van der Waals surface area contributed by atoms with Crippen LogP contribution >= 0.6 is 11.6 Å². The fraction of sp³-hybridized carbons (Fsp3) is 0.138. The molecule has 0 fully saturated rings. The van der Waals surface area contributed by atoms with Gasteiger partial charge in [0.05, 0.1) is 39.3 Å². The van der Waals surface area contributed by atoms with E-state index in [-0.39, 0.29) is 67.5 Å². The first-order valence-corrected chi connectivity index (χ1v) is 15.6. The number of nitrogens with zero attached hydrogens (tertiary/aromatic N) is 2. The molecule has 230 valence electrons. The van der Waals surface area contributed by atoms with Crippen molar-refractivity contribution in [3.63, 3.8) is 0 Å². The van der Waals surface area contributed by atoms with Crippen molar-refractivity contribution < 1.29 is 17.6 Å². The Bertz CT molecular complexity index is 2600. The predicted molar refractivity (Wildman–Crippen MR) is 167 cm³/mol. The van der Waals surface area contributed by atoms with Gasteiger partial charge in [-0.15, -0.1) is 0 Å². The minimum atomic E-state index is -4.19. The summed E-state index contributed by atoms with van der Waals surface area (Å²) in [5.41, 5.74) is -3.24. The lowest BCUT2D eigenvalue weighted by Gasteiger charge is -2.14. The lowest BCUT2D eigenvalue weighted by molar-refractivity contribution is 0.0973. The van der Waals surface area contributed by atoms with E-state index in [4.69, 9.17) is 11.6 Å². The molecule has 0 saturated carbocycles. The zero-order valence-corrected chi connectivity index (χ0v) is 25.0. The maximum atomic E-state index is 15.3. The van der Waals surface area contributed by atoms with Crippen LogP contribution in [0.2, 0.25) is 5.02 Å². The van der Waals surface area contributed by atoms with Gasteiger partial charge >= 0.3 is 11.4 Å². The van der Waals surface area contributed by atoms with Crippen molar-refractivity contribution in [1.82, 2.24) is 28.8 Å². The van der Waals surface area contributed by atoms with Gasteiger partial charge in [0, 0.05) is 17.0 Å². The van der Waals surface area contributed by atoms with E-state index in [2.05, 4.69) is 15.0 Å². The number of aryl methyl sites for hydroxylation is 1. The minimum Gasteiger partial charge on any atom is -0.330 e. The maximum absolute atomic E-state index is 15.3. The van der Waals surface area contributed by atoms with E-state index in [9.17, 15) is 32.4 Å². The van der Waals surface area contributed by atoms with Crippen molar-refractivity contribution in [3.8, 4) is 5.69 Å². The largest absolute Gasteiger partial charge is 0.333 e. The molecule has 0 unspecified atom stereocenters. The number of nitrogens with one attached hydrogen (secondary N) is 4. The zero-order valence-electron chi connectivity index (χ0n) is 23.4. The first-order chi connectivity index (χ1) is 21.3. The van der Waals surface area contributed by atoms with Gasteiger partial charge in [-0.05, 0) is 53.9 Å². The number of halogens is 2. The van der Waals surface area contributed by atoms with E-state index in [1.54, 1.807) is 19.1 Å². The molecule has 3 heterocycles. The van der Waals surface area contributed by atoms with Gasteiger partial charge in [0.1, 0.15) is 11.5 Å². The van der Waals surface area contributed by atoms with Crippen LogP contribution in [0.15, 0.2) is 67.7 Å². The van der Waals surface area contributed by atoms with Gasteiger partial charge in [0.15, 0.2) is 0 Å². The number of H-pyrrole nitrogens is 3. The molecule has 0 radical (unpaired) electrons.